The molecular formula is C37H42ClN3O6S. The first-order chi connectivity index (χ1) is 22.8. The number of carbonyl (C=O) groups excluding carboxylic acids is 2. The van der Waals surface area contributed by atoms with Gasteiger partial charge in [0.2, 0.25) is 11.8 Å². The predicted octanol–water partition coefficient (Wildman–Crippen LogP) is 6.50. The maximum atomic E-state index is 14.7. The Bertz CT molecular complexity index is 1780. The van der Waals surface area contributed by atoms with Crippen LogP contribution in [0.2, 0.25) is 5.02 Å². The molecule has 0 spiro atoms. The molecule has 0 aliphatic heterocycles. The lowest BCUT2D eigenvalue weighted by Gasteiger charge is -2.35. The Labute approximate surface area is 288 Å². The zero-order chi connectivity index (χ0) is 34.9. The van der Waals surface area contributed by atoms with Gasteiger partial charge in [0, 0.05) is 23.5 Å². The van der Waals surface area contributed by atoms with Crippen molar-refractivity contribution >= 4 is 39.1 Å². The summed E-state index contributed by atoms with van der Waals surface area (Å²) in [7, 11) is -2.73. The van der Waals surface area contributed by atoms with Gasteiger partial charge in [-0.1, -0.05) is 54.1 Å². The number of sulfonamides is 1. The highest BCUT2D eigenvalue weighted by atomic mass is 35.5. The van der Waals surface area contributed by atoms with Gasteiger partial charge in [0.1, 0.15) is 24.1 Å². The molecule has 1 atom stereocenters. The molecule has 254 valence electrons. The molecule has 0 heterocycles. The summed E-state index contributed by atoms with van der Waals surface area (Å²) in [5.41, 5.74) is 1.20. The highest BCUT2D eigenvalue weighted by molar-refractivity contribution is 7.92. The number of hydrogen-bond donors (Lipinski definition) is 1. The smallest absolute Gasteiger partial charge is 0.264 e. The fraction of sp³-hybridized carbons (Fsp3) is 0.297. The number of methoxy groups -OCH3 is 1. The Morgan fingerprint density at radius 3 is 2.10 bits per heavy atom. The van der Waals surface area contributed by atoms with E-state index in [0.29, 0.717) is 28.7 Å². The molecule has 0 aliphatic carbocycles. The maximum absolute atomic E-state index is 14.7. The van der Waals surface area contributed by atoms with E-state index in [2.05, 4.69) is 5.32 Å². The van der Waals surface area contributed by atoms with Crippen LogP contribution in [-0.2, 0) is 32.6 Å². The van der Waals surface area contributed by atoms with Gasteiger partial charge >= 0.3 is 0 Å². The number of anilines is 1. The molecule has 0 unspecified atom stereocenters. The van der Waals surface area contributed by atoms with Crippen molar-refractivity contribution in [3.8, 4) is 11.5 Å². The lowest BCUT2D eigenvalue weighted by Crippen LogP contribution is -2.56. The molecule has 0 radical (unpaired) electrons. The first-order valence-electron chi connectivity index (χ1n) is 15.6. The van der Waals surface area contributed by atoms with E-state index in [-0.39, 0.29) is 29.5 Å². The molecule has 48 heavy (non-hydrogen) atoms. The molecule has 9 nitrogen and oxygen atoms in total. The molecule has 4 aromatic carbocycles. The van der Waals surface area contributed by atoms with E-state index in [1.807, 2.05) is 64.1 Å². The van der Waals surface area contributed by atoms with Gasteiger partial charge in [-0.2, -0.15) is 0 Å². The highest BCUT2D eigenvalue weighted by Gasteiger charge is 2.35. The third kappa shape index (κ3) is 9.74. The van der Waals surface area contributed by atoms with Crippen molar-refractivity contribution in [2.24, 2.45) is 0 Å². The Morgan fingerprint density at radius 2 is 1.50 bits per heavy atom. The molecule has 0 fully saturated rings. The summed E-state index contributed by atoms with van der Waals surface area (Å²) < 4.78 is 40.5. The van der Waals surface area contributed by atoms with Crippen molar-refractivity contribution < 1.29 is 27.5 Å². The third-order valence-corrected chi connectivity index (χ3v) is 9.41. The number of hydrogen-bond acceptors (Lipinski definition) is 6. The van der Waals surface area contributed by atoms with Gasteiger partial charge in [0.15, 0.2) is 0 Å². The van der Waals surface area contributed by atoms with E-state index >= 15 is 0 Å². The Kier molecular flexibility index (Phi) is 12.1. The van der Waals surface area contributed by atoms with Gasteiger partial charge in [-0.3, -0.25) is 13.9 Å². The molecule has 1 N–H and O–H groups in total. The van der Waals surface area contributed by atoms with Crippen LogP contribution in [0.4, 0.5) is 5.69 Å². The summed E-state index contributed by atoms with van der Waals surface area (Å²) in [6.07, 6.45) is 0.200. The minimum atomic E-state index is -4.28. The lowest BCUT2D eigenvalue weighted by atomic mass is 10.0. The largest absolute Gasteiger partial charge is 0.497 e. The van der Waals surface area contributed by atoms with E-state index in [4.69, 9.17) is 21.1 Å². The van der Waals surface area contributed by atoms with E-state index < -0.39 is 34.1 Å². The number of benzene rings is 4. The second-order valence-corrected chi connectivity index (χ2v) is 14.5. The van der Waals surface area contributed by atoms with E-state index in [0.717, 1.165) is 9.87 Å². The van der Waals surface area contributed by atoms with Crippen LogP contribution < -0.4 is 19.1 Å². The fourth-order valence-corrected chi connectivity index (χ4v) is 6.65. The number of carbonyl (C=O) groups is 2. The number of ether oxygens (including phenoxy) is 2. The van der Waals surface area contributed by atoms with Crippen LogP contribution in [0.5, 0.6) is 11.5 Å². The molecule has 0 aromatic heterocycles. The van der Waals surface area contributed by atoms with Crippen molar-refractivity contribution in [2.45, 2.75) is 57.1 Å². The van der Waals surface area contributed by atoms with Crippen LogP contribution in [0.25, 0.3) is 0 Å². The summed E-state index contributed by atoms with van der Waals surface area (Å²) in [6.45, 7) is 7.31. The van der Waals surface area contributed by atoms with Gasteiger partial charge in [0.25, 0.3) is 10.0 Å². The van der Waals surface area contributed by atoms with Gasteiger partial charge in [-0.05, 0) is 99.5 Å². The summed E-state index contributed by atoms with van der Waals surface area (Å²) in [6, 6.07) is 27.9. The van der Waals surface area contributed by atoms with Gasteiger partial charge in [-0.25, -0.2) is 8.42 Å². The second kappa shape index (κ2) is 16.0. The zero-order valence-electron chi connectivity index (χ0n) is 27.9. The minimum absolute atomic E-state index is 0.0171. The van der Waals surface area contributed by atoms with E-state index in [9.17, 15) is 18.0 Å². The maximum Gasteiger partial charge on any atom is 0.264 e. The Morgan fingerprint density at radius 1 is 0.854 bits per heavy atom. The average Bonchev–Trinajstić information content (AvgIpc) is 3.05. The van der Waals surface area contributed by atoms with Crippen LogP contribution in [0.3, 0.4) is 0 Å². The number of halogens is 1. The third-order valence-electron chi connectivity index (χ3n) is 7.37. The molecule has 0 saturated carbocycles. The first-order valence-corrected chi connectivity index (χ1v) is 17.4. The van der Waals surface area contributed by atoms with Gasteiger partial charge in [0.05, 0.1) is 24.3 Å². The zero-order valence-corrected chi connectivity index (χ0v) is 29.4. The van der Waals surface area contributed by atoms with Crippen LogP contribution in [0.1, 0.15) is 38.8 Å². The number of rotatable bonds is 14. The number of amides is 2. The Balaban J connectivity index is 1.83. The molecule has 4 aromatic rings. The number of nitrogens with zero attached hydrogens (tertiary/aromatic N) is 2. The predicted molar refractivity (Wildman–Crippen MR) is 189 cm³/mol. The topological polar surface area (TPSA) is 105 Å². The molecule has 2 amide bonds. The summed E-state index contributed by atoms with van der Waals surface area (Å²) >= 11 is 6.08. The molecular weight excluding hydrogens is 650 g/mol. The number of nitrogens with one attached hydrogen (secondary N) is 1. The fourth-order valence-electron chi connectivity index (χ4n) is 5.11. The first kappa shape index (κ1) is 36.3. The monoisotopic (exact) mass is 691 g/mol. The van der Waals surface area contributed by atoms with Crippen LogP contribution in [0.15, 0.2) is 108 Å². The molecule has 11 heteroatoms. The van der Waals surface area contributed by atoms with Crippen LogP contribution in [0, 0.1) is 0 Å². The lowest BCUT2D eigenvalue weighted by molar-refractivity contribution is -0.140. The molecule has 4 rings (SSSR count). The van der Waals surface area contributed by atoms with Crippen molar-refractivity contribution in [2.75, 3.05) is 24.6 Å². The second-order valence-electron chi connectivity index (χ2n) is 12.2. The molecule has 0 aliphatic rings. The van der Waals surface area contributed by atoms with E-state index in [1.54, 1.807) is 49.6 Å². The van der Waals surface area contributed by atoms with Crippen molar-refractivity contribution in [3.05, 3.63) is 119 Å². The Hall–Kier alpha value is -4.54. The van der Waals surface area contributed by atoms with E-state index in [1.165, 1.54) is 29.2 Å². The normalized spacial score (nSPS) is 12.1. The highest BCUT2D eigenvalue weighted by Crippen LogP contribution is 2.28. The molecule has 0 saturated heterocycles. The SMILES string of the molecule is CCOc1ccc(N(CC(=O)N(Cc2cccc(OC)c2)[C@H](Cc2ccccc2)C(=O)NC(C)(C)C)S(=O)(=O)c2ccc(Cl)cc2)cc1. The van der Waals surface area contributed by atoms with Crippen molar-refractivity contribution in [1.29, 1.82) is 0 Å². The van der Waals surface area contributed by atoms with Crippen LogP contribution in [-0.4, -0.2) is 57.0 Å². The van der Waals surface area contributed by atoms with Crippen molar-refractivity contribution in [3.63, 3.8) is 0 Å². The molecule has 0 bridgehead atoms. The van der Waals surface area contributed by atoms with Gasteiger partial charge in [-0.15, -0.1) is 0 Å². The summed E-state index contributed by atoms with van der Waals surface area (Å²) in [5, 5.41) is 3.40. The average molecular weight is 692 g/mol. The van der Waals surface area contributed by atoms with Crippen molar-refractivity contribution in [1.82, 2.24) is 10.2 Å². The van der Waals surface area contributed by atoms with Crippen LogP contribution >= 0.6 is 11.6 Å². The summed E-state index contributed by atoms with van der Waals surface area (Å²) in [4.78, 5) is 30.1. The van der Waals surface area contributed by atoms with Gasteiger partial charge < -0.3 is 19.7 Å². The summed E-state index contributed by atoms with van der Waals surface area (Å²) in [5.74, 6) is 0.197. The quantitative estimate of drug-likeness (QED) is 0.162. The standard InChI is InChI=1S/C37H42ClN3O6S/c1-6-47-31-19-17-30(18-20-31)41(48(44,45)33-21-15-29(38)16-22-33)26-35(42)40(25-28-13-10-14-32(23-28)46-5)34(36(43)39-37(2,3)4)24-27-11-8-7-9-12-27/h7-23,34H,6,24-26H2,1-5H3,(H,39,43)/t34-/m1/s1. The minimum Gasteiger partial charge on any atom is -0.497 e.